The number of hydrogen-bond acceptors (Lipinski definition) is 5. The predicted octanol–water partition coefficient (Wildman–Crippen LogP) is 4.11. The fraction of sp³-hybridized carbons (Fsp3) is 0.381. The van der Waals surface area contributed by atoms with E-state index < -0.39 is 0 Å². The number of hydrogen-bond donors (Lipinski definition) is 2. The number of aromatic amines is 1. The van der Waals surface area contributed by atoms with Crippen LogP contribution in [-0.4, -0.2) is 52.1 Å². The third-order valence-corrected chi connectivity index (χ3v) is 6.04. The van der Waals surface area contributed by atoms with Gasteiger partial charge >= 0.3 is 0 Å². The van der Waals surface area contributed by atoms with Crippen molar-refractivity contribution >= 4 is 46.0 Å². The zero-order valence-corrected chi connectivity index (χ0v) is 17.8. The molecule has 2 fully saturated rings. The molecule has 1 aliphatic carbocycles. The molecule has 9 heteroatoms. The summed E-state index contributed by atoms with van der Waals surface area (Å²) in [6.07, 6.45) is 3.49. The van der Waals surface area contributed by atoms with Crippen molar-refractivity contribution in [2.45, 2.75) is 19.4 Å². The molecule has 0 unspecified atom stereocenters. The Labute approximate surface area is 183 Å². The zero-order valence-electron chi connectivity index (χ0n) is 16.3. The number of imidazole rings is 1. The van der Waals surface area contributed by atoms with Crippen molar-refractivity contribution in [2.24, 2.45) is 5.92 Å². The van der Waals surface area contributed by atoms with Crippen molar-refractivity contribution in [2.75, 3.05) is 31.6 Å². The van der Waals surface area contributed by atoms with Gasteiger partial charge < -0.3 is 15.0 Å². The monoisotopic (exact) mass is 445 g/mol. The average Bonchev–Trinajstić information content (AvgIpc) is 3.48. The molecule has 0 radical (unpaired) electrons. The number of amides is 1. The molecule has 3 aromatic rings. The lowest BCUT2D eigenvalue weighted by molar-refractivity contribution is -0.117. The van der Waals surface area contributed by atoms with Crippen LogP contribution in [0.4, 0.5) is 5.82 Å². The number of fused-ring (bicyclic) bond motifs is 1. The Morgan fingerprint density at radius 1 is 1.23 bits per heavy atom. The van der Waals surface area contributed by atoms with Crippen molar-refractivity contribution in [3.05, 3.63) is 40.0 Å². The molecular formula is C21H21Cl2N5O2. The molecule has 2 aliphatic rings. The summed E-state index contributed by atoms with van der Waals surface area (Å²) in [4.78, 5) is 26.7. The first kappa shape index (κ1) is 19.8. The van der Waals surface area contributed by atoms with E-state index in [-0.39, 0.29) is 11.8 Å². The fourth-order valence-corrected chi connectivity index (χ4v) is 4.38. The summed E-state index contributed by atoms with van der Waals surface area (Å²) in [7, 11) is 0. The van der Waals surface area contributed by atoms with Crippen LogP contribution in [-0.2, 0) is 16.1 Å². The van der Waals surface area contributed by atoms with Crippen LogP contribution >= 0.6 is 23.2 Å². The van der Waals surface area contributed by atoms with E-state index >= 15 is 0 Å². The molecule has 1 aromatic carbocycles. The molecule has 1 aliphatic heterocycles. The first-order valence-corrected chi connectivity index (χ1v) is 10.8. The zero-order chi connectivity index (χ0) is 20.7. The van der Waals surface area contributed by atoms with Crippen LogP contribution in [0.5, 0.6) is 0 Å². The Morgan fingerprint density at radius 2 is 1.97 bits per heavy atom. The highest BCUT2D eigenvalue weighted by Crippen LogP contribution is 2.37. The SMILES string of the molecule is O=C(Nc1nccc2nc(-c3c(Cl)cc(CN4CCOCC4)cc3Cl)[nH]c12)C1CC1. The number of carbonyl (C=O) groups excluding carboxylic acids is 1. The lowest BCUT2D eigenvalue weighted by Crippen LogP contribution is -2.35. The van der Waals surface area contributed by atoms with Crippen molar-refractivity contribution in [1.82, 2.24) is 19.9 Å². The van der Waals surface area contributed by atoms with Crippen LogP contribution in [0, 0.1) is 5.92 Å². The van der Waals surface area contributed by atoms with Gasteiger partial charge in [0.05, 0.1) is 34.3 Å². The molecule has 0 spiro atoms. The van der Waals surface area contributed by atoms with Gasteiger partial charge in [-0.15, -0.1) is 0 Å². The van der Waals surface area contributed by atoms with Crippen LogP contribution < -0.4 is 5.32 Å². The first-order valence-electron chi connectivity index (χ1n) is 10.0. The van der Waals surface area contributed by atoms with Gasteiger partial charge in [0.25, 0.3) is 0 Å². The molecule has 0 atom stereocenters. The number of ether oxygens (including phenoxy) is 1. The molecule has 1 saturated carbocycles. The van der Waals surface area contributed by atoms with Gasteiger partial charge in [-0.3, -0.25) is 9.69 Å². The molecule has 156 valence electrons. The number of benzene rings is 1. The Morgan fingerprint density at radius 3 is 2.67 bits per heavy atom. The topological polar surface area (TPSA) is 83.1 Å². The molecule has 2 N–H and O–H groups in total. The minimum atomic E-state index is -0.00493. The number of aromatic nitrogens is 3. The molecule has 0 bridgehead atoms. The van der Waals surface area contributed by atoms with Gasteiger partial charge in [0.2, 0.25) is 5.91 Å². The number of morpholine rings is 1. The van der Waals surface area contributed by atoms with Crippen molar-refractivity contribution in [1.29, 1.82) is 0 Å². The van der Waals surface area contributed by atoms with Gasteiger partial charge in [-0.2, -0.15) is 0 Å². The van der Waals surface area contributed by atoms with Crippen LogP contribution in [0.25, 0.3) is 22.4 Å². The normalized spacial score (nSPS) is 17.4. The maximum Gasteiger partial charge on any atom is 0.228 e. The van der Waals surface area contributed by atoms with E-state index in [0.29, 0.717) is 38.3 Å². The van der Waals surface area contributed by atoms with E-state index in [1.54, 1.807) is 12.3 Å². The van der Waals surface area contributed by atoms with E-state index in [1.165, 1.54) is 0 Å². The van der Waals surface area contributed by atoms with Gasteiger partial charge in [-0.25, -0.2) is 9.97 Å². The molecule has 5 rings (SSSR count). The molecule has 3 heterocycles. The summed E-state index contributed by atoms with van der Waals surface area (Å²) in [5.41, 5.74) is 3.03. The molecular weight excluding hydrogens is 425 g/mol. The van der Waals surface area contributed by atoms with E-state index in [9.17, 15) is 4.79 Å². The minimum Gasteiger partial charge on any atom is -0.379 e. The van der Waals surface area contributed by atoms with Gasteiger partial charge in [-0.05, 0) is 36.6 Å². The van der Waals surface area contributed by atoms with Gasteiger partial charge in [0.15, 0.2) is 5.82 Å². The molecule has 30 heavy (non-hydrogen) atoms. The summed E-state index contributed by atoms with van der Waals surface area (Å²) in [5, 5.41) is 3.95. The van der Waals surface area contributed by atoms with Crippen LogP contribution in [0.15, 0.2) is 24.4 Å². The first-order chi connectivity index (χ1) is 14.6. The lowest BCUT2D eigenvalue weighted by atomic mass is 10.1. The third-order valence-electron chi connectivity index (χ3n) is 5.44. The largest absolute Gasteiger partial charge is 0.379 e. The highest BCUT2D eigenvalue weighted by molar-refractivity contribution is 6.39. The Kier molecular flexibility index (Phi) is 5.37. The van der Waals surface area contributed by atoms with E-state index in [0.717, 1.165) is 51.3 Å². The number of nitrogens with zero attached hydrogens (tertiary/aromatic N) is 3. The van der Waals surface area contributed by atoms with E-state index in [4.69, 9.17) is 27.9 Å². The van der Waals surface area contributed by atoms with Crippen molar-refractivity contribution in [3.63, 3.8) is 0 Å². The number of H-pyrrole nitrogens is 1. The van der Waals surface area contributed by atoms with Crippen LogP contribution in [0.3, 0.4) is 0 Å². The summed E-state index contributed by atoms with van der Waals surface area (Å²) < 4.78 is 5.40. The van der Waals surface area contributed by atoms with E-state index in [2.05, 4.69) is 25.2 Å². The number of pyridine rings is 1. The van der Waals surface area contributed by atoms with Gasteiger partial charge in [-0.1, -0.05) is 23.2 Å². The average molecular weight is 446 g/mol. The molecule has 7 nitrogen and oxygen atoms in total. The summed E-state index contributed by atoms with van der Waals surface area (Å²) >= 11 is 13.2. The highest BCUT2D eigenvalue weighted by atomic mass is 35.5. The predicted molar refractivity (Wildman–Crippen MR) is 117 cm³/mol. The molecule has 1 saturated heterocycles. The second-order valence-electron chi connectivity index (χ2n) is 7.73. The number of rotatable bonds is 5. The third kappa shape index (κ3) is 4.03. The van der Waals surface area contributed by atoms with Crippen LogP contribution in [0.2, 0.25) is 10.0 Å². The van der Waals surface area contributed by atoms with Crippen LogP contribution in [0.1, 0.15) is 18.4 Å². The summed E-state index contributed by atoms with van der Waals surface area (Å²) in [5.74, 6) is 1.11. The number of nitrogens with one attached hydrogen (secondary N) is 2. The number of halogens is 2. The Balaban J connectivity index is 1.45. The van der Waals surface area contributed by atoms with Crippen molar-refractivity contribution < 1.29 is 9.53 Å². The number of carbonyl (C=O) groups is 1. The molecule has 1 amide bonds. The van der Waals surface area contributed by atoms with Gasteiger partial charge in [0, 0.05) is 31.7 Å². The summed E-state index contributed by atoms with van der Waals surface area (Å²) in [6, 6.07) is 5.65. The fourth-order valence-electron chi connectivity index (χ4n) is 3.67. The maximum absolute atomic E-state index is 12.2. The highest BCUT2D eigenvalue weighted by Gasteiger charge is 2.30. The minimum absolute atomic E-state index is 0.00493. The lowest BCUT2D eigenvalue weighted by Gasteiger charge is -2.26. The Hall–Kier alpha value is -2.19. The Bertz CT molecular complexity index is 1080. The number of anilines is 1. The van der Waals surface area contributed by atoms with Gasteiger partial charge in [0.1, 0.15) is 11.3 Å². The standard InChI is InChI=1S/C21H21Cl2N5O2/c22-14-9-12(11-28-5-7-30-8-6-28)10-15(23)17(14)19-25-16-3-4-24-20(18(16)26-19)27-21(29)13-1-2-13/h3-4,9-10,13H,1-2,5-8,11H2,(H,25,26)(H,24,27,29). The van der Waals surface area contributed by atoms with E-state index in [1.807, 2.05) is 12.1 Å². The smallest absolute Gasteiger partial charge is 0.228 e. The maximum atomic E-state index is 12.2. The second-order valence-corrected chi connectivity index (χ2v) is 8.54. The summed E-state index contributed by atoms with van der Waals surface area (Å²) in [6.45, 7) is 4.04. The molecule has 2 aromatic heterocycles. The second kappa shape index (κ2) is 8.15. The quantitative estimate of drug-likeness (QED) is 0.617. The van der Waals surface area contributed by atoms with Crippen molar-refractivity contribution in [3.8, 4) is 11.4 Å².